The van der Waals surface area contributed by atoms with E-state index in [0.29, 0.717) is 11.1 Å². The number of carbonyl (C=O) groups excluding carboxylic acids is 2. The molecule has 0 aromatic heterocycles. The quantitative estimate of drug-likeness (QED) is 0.729. The lowest BCUT2D eigenvalue weighted by molar-refractivity contribution is -0.144. The molecule has 1 aromatic rings. The van der Waals surface area contributed by atoms with Gasteiger partial charge in [0.25, 0.3) is 0 Å². The number of aryl methyl sites for hydroxylation is 3. The van der Waals surface area contributed by atoms with Crippen LogP contribution >= 0.6 is 0 Å². The molecule has 0 unspecified atom stereocenters. The molecule has 1 amide bonds. The van der Waals surface area contributed by atoms with Crippen molar-refractivity contribution in [1.29, 1.82) is 0 Å². The molecule has 0 fully saturated rings. The van der Waals surface area contributed by atoms with Gasteiger partial charge in [-0.15, -0.1) is 0 Å². The minimum atomic E-state index is -4.00. The Kier molecular flexibility index (Phi) is 5.67. The zero-order valence-corrected chi connectivity index (χ0v) is 13.8. The number of carbonyl (C=O) groups is 2. The SMILES string of the molecule is COC(=O)[C@H](CC(N)=O)NS(=O)(=O)c1c(C)cc(C)cc1C. The van der Waals surface area contributed by atoms with Crippen molar-refractivity contribution in [1.82, 2.24) is 4.72 Å². The van der Waals surface area contributed by atoms with E-state index in [2.05, 4.69) is 9.46 Å². The number of hydrogen-bond acceptors (Lipinski definition) is 5. The van der Waals surface area contributed by atoms with Gasteiger partial charge in [-0.25, -0.2) is 8.42 Å². The van der Waals surface area contributed by atoms with Crippen LogP contribution in [-0.4, -0.2) is 33.4 Å². The van der Waals surface area contributed by atoms with E-state index in [4.69, 9.17) is 5.73 Å². The highest BCUT2D eigenvalue weighted by Gasteiger charge is 2.29. The van der Waals surface area contributed by atoms with Crippen LogP contribution in [-0.2, 0) is 24.3 Å². The highest BCUT2D eigenvalue weighted by atomic mass is 32.2. The van der Waals surface area contributed by atoms with Crippen LogP contribution in [0, 0.1) is 20.8 Å². The molecule has 0 spiro atoms. The van der Waals surface area contributed by atoms with Crippen molar-refractivity contribution in [3.8, 4) is 0 Å². The Balaban J connectivity index is 3.23. The summed E-state index contributed by atoms with van der Waals surface area (Å²) >= 11 is 0. The summed E-state index contributed by atoms with van der Waals surface area (Å²) in [5.41, 5.74) is 7.07. The van der Waals surface area contributed by atoms with Gasteiger partial charge < -0.3 is 10.5 Å². The van der Waals surface area contributed by atoms with Gasteiger partial charge in [-0.3, -0.25) is 9.59 Å². The van der Waals surface area contributed by atoms with Gasteiger partial charge in [-0.05, 0) is 31.9 Å². The first-order valence-electron chi connectivity index (χ1n) is 6.54. The van der Waals surface area contributed by atoms with Crippen molar-refractivity contribution >= 4 is 21.9 Å². The van der Waals surface area contributed by atoms with Gasteiger partial charge in [0.2, 0.25) is 15.9 Å². The number of sulfonamides is 1. The predicted molar refractivity (Wildman–Crippen MR) is 80.6 cm³/mol. The van der Waals surface area contributed by atoms with Crippen LogP contribution in [0.3, 0.4) is 0 Å². The number of benzene rings is 1. The Morgan fingerprint density at radius 1 is 1.23 bits per heavy atom. The topological polar surface area (TPSA) is 116 Å². The molecule has 1 aromatic carbocycles. The molecule has 0 bridgehead atoms. The Labute approximate surface area is 129 Å². The monoisotopic (exact) mass is 328 g/mol. The number of ether oxygens (including phenoxy) is 1. The standard InChI is InChI=1S/C14H20N2O5S/c1-8-5-9(2)13(10(3)6-8)22(19,20)16-11(7-12(15)17)14(18)21-4/h5-6,11,16H,7H2,1-4H3,(H2,15,17)/t11-/m0/s1. The van der Waals surface area contributed by atoms with Gasteiger partial charge in [0, 0.05) is 0 Å². The summed E-state index contributed by atoms with van der Waals surface area (Å²) in [6, 6.07) is 2.10. The van der Waals surface area contributed by atoms with E-state index in [1.54, 1.807) is 26.0 Å². The smallest absolute Gasteiger partial charge is 0.324 e. The number of hydrogen-bond donors (Lipinski definition) is 2. The molecule has 0 aliphatic rings. The van der Waals surface area contributed by atoms with Gasteiger partial charge in [0.05, 0.1) is 18.4 Å². The first-order chi connectivity index (χ1) is 10.1. The first kappa shape index (κ1) is 18.1. The van der Waals surface area contributed by atoms with E-state index in [1.807, 2.05) is 6.92 Å². The van der Waals surface area contributed by atoms with Crippen molar-refractivity contribution in [2.75, 3.05) is 7.11 Å². The lowest BCUT2D eigenvalue weighted by Gasteiger charge is -2.18. The number of nitrogens with one attached hydrogen (secondary N) is 1. The van der Waals surface area contributed by atoms with Gasteiger partial charge in [-0.2, -0.15) is 4.72 Å². The highest BCUT2D eigenvalue weighted by Crippen LogP contribution is 2.22. The second kappa shape index (κ2) is 6.89. The molecule has 1 rings (SSSR count). The summed E-state index contributed by atoms with van der Waals surface area (Å²) < 4.78 is 31.7. The van der Waals surface area contributed by atoms with Crippen LogP contribution < -0.4 is 10.5 Å². The summed E-state index contributed by atoms with van der Waals surface area (Å²) in [5.74, 6) is -1.68. The third-order valence-electron chi connectivity index (χ3n) is 3.06. The van der Waals surface area contributed by atoms with Crippen molar-refractivity contribution in [2.24, 2.45) is 5.73 Å². The Hall–Kier alpha value is -1.93. The van der Waals surface area contributed by atoms with E-state index in [1.165, 1.54) is 0 Å². The van der Waals surface area contributed by atoms with Crippen LogP contribution in [0.2, 0.25) is 0 Å². The predicted octanol–water partition coefficient (Wildman–Crippen LogP) is 0.307. The van der Waals surface area contributed by atoms with Crippen LogP contribution in [0.4, 0.5) is 0 Å². The molecular formula is C14H20N2O5S. The van der Waals surface area contributed by atoms with E-state index in [9.17, 15) is 18.0 Å². The number of methoxy groups -OCH3 is 1. The molecular weight excluding hydrogens is 308 g/mol. The lowest BCUT2D eigenvalue weighted by atomic mass is 10.1. The molecule has 8 heteroatoms. The third-order valence-corrected chi connectivity index (χ3v) is 4.84. The van der Waals surface area contributed by atoms with Crippen molar-refractivity contribution in [3.05, 3.63) is 28.8 Å². The zero-order chi connectivity index (χ0) is 17.1. The number of amides is 1. The molecule has 0 saturated carbocycles. The summed E-state index contributed by atoms with van der Waals surface area (Å²) in [4.78, 5) is 22.7. The molecule has 0 aliphatic heterocycles. The van der Waals surface area contributed by atoms with E-state index >= 15 is 0 Å². The van der Waals surface area contributed by atoms with Gasteiger partial charge in [-0.1, -0.05) is 17.7 Å². The van der Waals surface area contributed by atoms with Crippen molar-refractivity contribution < 1.29 is 22.7 Å². The van der Waals surface area contributed by atoms with Crippen LogP contribution in [0.5, 0.6) is 0 Å². The highest BCUT2D eigenvalue weighted by molar-refractivity contribution is 7.89. The Bertz CT molecular complexity index is 674. The molecule has 0 radical (unpaired) electrons. The molecule has 1 atom stereocenters. The maximum absolute atomic E-state index is 12.5. The lowest BCUT2D eigenvalue weighted by Crippen LogP contribution is -2.44. The molecule has 0 aliphatic carbocycles. The first-order valence-corrected chi connectivity index (χ1v) is 8.03. The fourth-order valence-corrected chi connectivity index (χ4v) is 3.99. The number of nitrogens with two attached hydrogens (primary N) is 1. The van der Waals surface area contributed by atoms with Crippen LogP contribution in [0.1, 0.15) is 23.1 Å². The summed E-state index contributed by atoms with van der Waals surface area (Å²) in [6.07, 6.45) is -0.476. The van der Waals surface area contributed by atoms with E-state index in [-0.39, 0.29) is 4.90 Å². The molecule has 0 heterocycles. The zero-order valence-electron chi connectivity index (χ0n) is 13.0. The second-order valence-corrected chi connectivity index (χ2v) is 6.75. The van der Waals surface area contributed by atoms with Gasteiger partial charge in [0.15, 0.2) is 0 Å². The van der Waals surface area contributed by atoms with Crippen LogP contribution in [0.25, 0.3) is 0 Å². The summed E-state index contributed by atoms with van der Waals surface area (Å²) in [6.45, 7) is 5.18. The van der Waals surface area contributed by atoms with Crippen molar-refractivity contribution in [3.63, 3.8) is 0 Å². The van der Waals surface area contributed by atoms with E-state index < -0.39 is 34.4 Å². The molecule has 0 saturated heterocycles. The maximum Gasteiger partial charge on any atom is 0.324 e. The minimum absolute atomic E-state index is 0.0801. The van der Waals surface area contributed by atoms with E-state index in [0.717, 1.165) is 12.7 Å². The largest absolute Gasteiger partial charge is 0.468 e. The fraction of sp³-hybridized carbons (Fsp3) is 0.429. The fourth-order valence-electron chi connectivity index (χ4n) is 2.35. The molecule has 7 nitrogen and oxygen atoms in total. The van der Waals surface area contributed by atoms with Gasteiger partial charge in [0.1, 0.15) is 6.04 Å². The average Bonchev–Trinajstić information content (AvgIpc) is 2.34. The normalized spacial score (nSPS) is 12.7. The number of primary amides is 1. The third kappa shape index (κ3) is 4.28. The maximum atomic E-state index is 12.5. The van der Waals surface area contributed by atoms with Gasteiger partial charge >= 0.3 is 5.97 Å². The van der Waals surface area contributed by atoms with Crippen LogP contribution in [0.15, 0.2) is 17.0 Å². The summed E-state index contributed by atoms with van der Waals surface area (Å²) in [5, 5.41) is 0. The Morgan fingerprint density at radius 3 is 2.14 bits per heavy atom. The molecule has 122 valence electrons. The van der Waals surface area contributed by atoms with Crippen molar-refractivity contribution in [2.45, 2.75) is 38.1 Å². The molecule has 22 heavy (non-hydrogen) atoms. The Morgan fingerprint density at radius 2 is 1.73 bits per heavy atom. The summed E-state index contributed by atoms with van der Waals surface area (Å²) in [7, 11) is -2.89. The average molecular weight is 328 g/mol. The number of rotatable bonds is 6. The number of esters is 1. The second-order valence-electron chi connectivity index (χ2n) is 5.10. The molecule has 3 N–H and O–H groups in total. The minimum Gasteiger partial charge on any atom is -0.468 e.